The summed E-state index contributed by atoms with van der Waals surface area (Å²) < 4.78 is 2.18. The molecule has 1 aromatic heterocycles. The van der Waals surface area contributed by atoms with E-state index in [-0.39, 0.29) is 0 Å². The van der Waals surface area contributed by atoms with Gasteiger partial charge in [0.1, 0.15) is 0 Å². The summed E-state index contributed by atoms with van der Waals surface area (Å²) in [7, 11) is 0. The fraction of sp³-hybridized carbons (Fsp3) is 0.737. The van der Waals surface area contributed by atoms with E-state index < -0.39 is 0 Å². The Balaban J connectivity index is 1.58. The van der Waals surface area contributed by atoms with Crippen molar-refractivity contribution < 1.29 is 0 Å². The molecular formula is C19H35N5. The molecule has 0 unspecified atom stereocenters. The summed E-state index contributed by atoms with van der Waals surface area (Å²) >= 11 is 0. The summed E-state index contributed by atoms with van der Waals surface area (Å²) in [5.74, 6) is 1.86. The quantitative estimate of drug-likeness (QED) is 0.415. The smallest absolute Gasteiger partial charge is 0.191 e. The van der Waals surface area contributed by atoms with Crippen LogP contribution in [0.1, 0.15) is 39.5 Å². The Labute approximate surface area is 147 Å². The minimum atomic E-state index is 0.895. The molecule has 1 saturated heterocycles. The number of aliphatic imine (C=N–C) groups is 1. The van der Waals surface area contributed by atoms with Crippen LogP contribution in [0.4, 0.5) is 0 Å². The molecule has 0 saturated carbocycles. The number of hydrogen-bond acceptors (Lipinski definition) is 2. The number of nitrogens with zero attached hydrogens (tertiary/aromatic N) is 3. The SMILES string of the molecule is CCNC(=NCCCCN1CCC(C)CC1)NCCn1cccc1. The Bertz CT molecular complexity index is 446. The average molecular weight is 334 g/mol. The van der Waals surface area contributed by atoms with E-state index in [1.165, 1.54) is 45.3 Å². The van der Waals surface area contributed by atoms with E-state index in [2.05, 4.69) is 58.5 Å². The van der Waals surface area contributed by atoms with Crippen LogP contribution >= 0.6 is 0 Å². The van der Waals surface area contributed by atoms with Gasteiger partial charge in [-0.3, -0.25) is 4.99 Å². The number of rotatable bonds is 9. The second-order valence-corrected chi connectivity index (χ2v) is 6.84. The lowest BCUT2D eigenvalue weighted by molar-refractivity contribution is 0.190. The van der Waals surface area contributed by atoms with Crippen LogP contribution in [0.2, 0.25) is 0 Å². The topological polar surface area (TPSA) is 44.6 Å². The van der Waals surface area contributed by atoms with Gasteiger partial charge in [0.05, 0.1) is 0 Å². The molecule has 0 amide bonds. The van der Waals surface area contributed by atoms with Crippen molar-refractivity contribution in [2.24, 2.45) is 10.9 Å². The number of guanidine groups is 1. The summed E-state index contributed by atoms with van der Waals surface area (Å²) in [6.45, 7) is 12.0. The Morgan fingerprint density at radius 2 is 1.83 bits per heavy atom. The van der Waals surface area contributed by atoms with Crippen LogP contribution in [0.5, 0.6) is 0 Å². The molecule has 1 aliphatic rings. The van der Waals surface area contributed by atoms with Crippen molar-refractivity contribution in [1.29, 1.82) is 0 Å². The summed E-state index contributed by atoms with van der Waals surface area (Å²) in [5.41, 5.74) is 0. The van der Waals surface area contributed by atoms with Crippen LogP contribution in [-0.4, -0.2) is 54.7 Å². The maximum absolute atomic E-state index is 4.69. The Morgan fingerprint density at radius 1 is 1.08 bits per heavy atom. The largest absolute Gasteiger partial charge is 0.357 e. The molecule has 0 aliphatic carbocycles. The maximum atomic E-state index is 4.69. The van der Waals surface area contributed by atoms with Crippen LogP contribution in [0.25, 0.3) is 0 Å². The summed E-state index contributed by atoms with van der Waals surface area (Å²) in [4.78, 5) is 7.31. The Morgan fingerprint density at radius 3 is 2.54 bits per heavy atom. The zero-order chi connectivity index (χ0) is 17.0. The van der Waals surface area contributed by atoms with Crippen molar-refractivity contribution in [2.45, 2.75) is 46.1 Å². The third kappa shape index (κ3) is 7.39. The van der Waals surface area contributed by atoms with Crippen molar-refractivity contribution in [2.75, 3.05) is 39.3 Å². The zero-order valence-electron chi connectivity index (χ0n) is 15.5. The highest BCUT2D eigenvalue weighted by molar-refractivity contribution is 5.79. The molecule has 136 valence electrons. The van der Waals surface area contributed by atoms with Crippen LogP contribution < -0.4 is 10.6 Å². The molecule has 0 atom stereocenters. The first-order chi connectivity index (χ1) is 11.8. The van der Waals surface area contributed by atoms with Crippen molar-refractivity contribution in [1.82, 2.24) is 20.1 Å². The zero-order valence-corrected chi connectivity index (χ0v) is 15.5. The van der Waals surface area contributed by atoms with E-state index in [1.54, 1.807) is 0 Å². The van der Waals surface area contributed by atoms with Crippen LogP contribution in [-0.2, 0) is 6.54 Å². The molecule has 2 N–H and O–H groups in total. The van der Waals surface area contributed by atoms with Gasteiger partial charge in [0, 0.05) is 38.6 Å². The van der Waals surface area contributed by atoms with E-state index in [0.717, 1.165) is 38.1 Å². The van der Waals surface area contributed by atoms with Gasteiger partial charge in [-0.25, -0.2) is 0 Å². The van der Waals surface area contributed by atoms with Crippen molar-refractivity contribution in [3.63, 3.8) is 0 Å². The molecule has 1 fully saturated rings. The van der Waals surface area contributed by atoms with Crippen molar-refractivity contribution in [3.8, 4) is 0 Å². The Kier molecular flexibility index (Phi) is 8.74. The van der Waals surface area contributed by atoms with Gasteiger partial charge in [0.25, 0.3) is 0 Å². The third-order valence-electron chi connectivity index (χ3n) is 4.70. The normalized spacial score (nSPS) is 17.2. The third-order valence-corrected chi connectivity index (χ3v) is 4.70. The second kappa shape index (κ2) is 11.1. The molecule has 5 heteroatoms. The van der Waals surface area contributed by atoms with Gasteiger partial charge in [-0.15, -0.1) is 0 Å². The highest BCUT2D eigenvalue weighted by atomic mass is 15.2. The molecule has 0 aromatic carbocycles. The molecule has 24 heavy (non-hydrogen) atoms. The van der Waals surface area contributed by atoms with Crippen LogP contribution in [0.15, 0.2) is 29.5 Å². The number of piperidine rings is 1. The Hall–Kier alpha value is -1.49. The van der Waals surface area contributed by atoms with E-state index in [9.17, 15) is 0 Å². The van der Waals surface area contributed by atoms with Gasteiger partial charge in [-0.1, -0.05) is 6.92 Å². The number of likely N-dealkylation sites (tertiary alicyclic amines) is 1. The van der Waals surface area contributed by atoms with Crippen molar-refractivity contribution in [3.05, 3.63) is 24.5 Å². The number of aromatic nitrogens is 1. The van der Waals surface area contributed by atoms with E-state index >= 15 is 0 Å². The number of hydrogen-bond donors (Lipinski definition) is 2. The number of unbranched alkanes of at least 4 members (excludes halogenated alkanes) is 1. The minimum Gasteiger partial charge on any atom is -0.357 e. The monoisotopic (exact) mass is 333 g/mol. The van der Waals surface area contributed by atoms with E-state index in [4.69, 9.17) is 4.99 Å². The van der Waals surface area contributed by atoms with Crippen LogP contribution in [0.3, 0.4) is 0 Å². The summed E-state index contributed by atoms with van der Waals surface area (Å²) in [6.07, 6.45) is 9.34. The summed E-state index contributed by atoms with van der Waals surface area (Å²) in [6, 6.07) is 4.12. The van der Waals surface area contributed by atoms with Gasteiger partial charge >= 0.3 is 0 Å². The first-order valence-electron chi connectivity index (χ1n) is 9.63. The maximum Gasteiger partial charge on any atom is 0.191 e. The fourth-order valence-corrected chi connectivity index (χ4v) is 3.09. The number of nitrogens with one attached hydrogen (secondary N) is 2. The van der Waals surface area contributed by atoms with Crippen molar-refractivity contribution >= 4 is 5.96 Å². The standard InChI is InChI=1S/C19H35N5/c1-3-20-19(22-11-17-23-13-6-7-14-23)21-10-4-5-12-24-15-8-18(2)9-16-24/h6-7,13-14,18H,3-5,8-12,15-17H2,1-2H3,(H2,20,21,22). The molecule has 5 nitrogen and oxygen atoms in total. The van der Waals surface area contributed by atoms with Gasteiger partial charge in [0.15, 0.2) is 5.96 Å². The van der Waals surface area contributed by atoms with Gasteiger partial charge in [-0.2, -0.15) is 0 Å². The molecule has 0 radical (unpaired) electrons. The highest BCUT2D eigenvalue weighted by Crippen LogP contribution is 2.16. The second-order valence-electron chi connectivity index (χ2n) is 6.84. The molecular weight excluding hydrogens is 298 g/mol. The van der Waals surface area contributed by atoms with Gasteiger partial charge in [0.2, 0.25) is 0 Å². The molecule has 2 rings (SSSR count). The van der Waals surface area contributed by atoms with Gasteiger partial charge in [-0.05, 0) is 70.3 Å². The molecule has 1 aliphatic heterocycles. The molecule has 0 bridgehead atoms. The lowest BCUT2D eigenvalue weighted by Gasteiger charge is -2.30. The average Bonchev–Trinajstić information content (AvgIpc) is 3.09. The molecule has 2 heterocycles. The van der Waals surface area contributed by atoms with E-state index in [1.807, 2.05) is 0 Å². The van der Waals surface area contributed by atoms with Gasteiger partial charge < -0.3 is 20.1 Å². The first kappa shape index (κ1) is 18.8. The van der Waals surface area contributed by atoms with E-state index in [0.29, 0.717) is 0 Å². The molecule has 1 aromatic rings. The fourth-order valence-electron chi connectivity index (χ4n) is 3.09. The highest BCUT2D eigenvalue weighted by Gasteiger charge is 2.14. The predicted molar refractivity (Wildman–Crippen MR) is 102 cm³/mol. The lowest BCUT2D eigenvalue weighted by Crippen LogP contribution is -2.39. The minimum absolute atomic E-state index is 0.895. The predicted octanol–water partition coefficient (Wildman–Crippen LogP) is 2.56. The van der Waals surface area contributed by atoms with Crippen LogP contribution in [0, 0.1) is 5.92 Å². The molecule has 0 spiro atoms. The first-order valence-corrected chi connectivity index (χ1v) is 9.63. The summed E-state index contributed by atoms with van der Waals surface area (Å²) in [5, 5.41) is 6.74. The lowest BCUT2D eigenvalue weighted by atomic mass is 9.99.